The lowest BCUT2D eigenvalue weighted by Crippen LogP contribution is -2.12. The number of thiazole rings is 1. The zero-order valence-electron chi connectivity index (χ0n) is 20.5. The van der Waals surface area contributed by atoms with Gasteiger partial charge >= 0.3 is 0 Å². The number of hydrogen-bond acceptors (Lipinski definition) is 4. The summed E-state index contributed by atoms with van der Waals surface area (Å²) in [6, 6.07) is 16.0. The Morgan fingerprint density at radius 3 is 2.61 bits per heavy atom. The van der Waals surface area contributed by atoms with E-state index in [9.17, 15) is 18.4 Å². The Labute approximate surface area is 221 Å². The van der Waals surface area contributed by atoms with Crippen LogP contribution in [0.15, 0.2) is 60.8 Å². The van der Waals surface area contributed by atoms with Crippen molar-refractivity contribution in [3.8, 4) is 11.1 Å². The summed E-state index contributed by atoms with van der Waals surface area (Å²) >= 11 is 1.46. The number of nitrogens with zero attached hydrogens (tertiary/aromatic N) is 1. The highest BCUT2D eigenvalue weighted by Gasteiger charge is 2.30. The van der Waals surface area contributed by atoms with E-state index in [1.54, 1.807) is 12.3 Å². The molecule has 38 heavy (non-hydrogen) atoms. The third-order valence-corrected chi connectivity index (χ3v) is 7.92. The fraction of sp³-hybridized carbons (Fsp3) is 0.233. The molecule has 3 aromatic carbocycles. The number of H-pyrrole nitrogens is 1. The van der Waals surface area contributed by atoms with Crippen LogP contribution in [-0.2, 0) is 11.2 Å². The second-order valence-electron chi connectivity index (χ2n) is 9.81. The van der Waals surface area contributed by atoms with Crippen LogP contribution in [0.3, 0.4) is 0 Å². The first-order chi connectivity index (χ1) is 18.4. The van der Waals surface area contributed by atoms with Gasteiger partial charge in [-0.3, -0.25) is 9.59 Å². The highest BCUT2D eigenvalue weighted by molar-refractivity contribution is 7.22. The number of hydrogen-bond donors (Lipinski definition) is 2. The number of anilines is 1. The van der Waals surface area contributed by atoms with Crippen LogP contribution < -0.4 is 5.32 Å². The number of amides is 1. The third-order valence-electron chi connectivity index (χ3n) is 6.99. The van der Waals surface area contributed by atoms with Crippen LogP contribution in [-0.4, -0.2) is 21.7 Å². The van der Waals surface area contributed by atoms with Gasteiger partial charge in [0.05, 0.1) is 10.2 Å². The van der Waals surface area contributed by atoms with Gasteiger partial charge in [-0.15, -0.1) is 0 Å². The molecule has 5 nitrogen and oxygen atoms in total. The van der Waals surface area contributed by atoms with E-state index < -0.39 is 11.6 Å². The maximum absolute atomic E-state index is 13.4. The minimum absolute atomic E-state index is 0.0451. The van der Waals surface area contributed by atoms with Crippen LogP contribution in [0, 0.1) is 17.6 Å². The Hall–Kier alpha value is -3.91. The van der Waals surface area contributed by atoms with Crippen molar-refractivity contribution in [2.24, 2.45) is 5.92 Å². The summed E-state index contributed by atoms with van der Waals surface area (Å²) in [5.41, 5.74) is 5.11. The van der Waals surface area contributed by atoms with Crippen molar-refractivity contribution in [2.45, 2.75) is 38.5 Å². The molecule has 5 aromatic rings. The van der Waals surface area contributed by atoms with Crippen molar-refractivity contribution in [1.29, 1.82) is 0 Å². The molecular weight excluding hydrogens is 504 g/mol. The zero-order valence-corrected chi connectivity index (χ0v) is 21.3. The monoisotopic (exact) mass is 529 g/mol. The highest BCUT2D eigenvalue weighted by Crippen LogP contribution is 2.34. The second-order valence-corrected chi connectivity index (χ2v) is 10.8. The molecule has 192 valence electrons. The summed E-state index contributed by atoms with van der Waals surface area (Å²) in [6.45, 7) is 0. The standard InChI is InChI=1S/C30H25F2N3O2S/c31-23-10-5-17(13-24(23)32)3-1-2-4-27(36)22-16-33-25-11-8-19(14-21(22)25)20-9-12-26-28(15-20)38-30(34-26)35-29(37)18-6-7-18/h5,8-16,18,33H,1-4,6-7H2,(H,34,35,37). The summed E-state index contributed by atoms with van der Waals surface area (Å²) in [6.07, 6.45) is 5.99. The van der Waals surface area contributed by atoms with Gasteiger partial charge in [-0.1, -0.05) is 29.5 Å². The number of carbonyl (C=O) groups excluding carboxylic acids is 2. The molecule has 1 fully saturated rings. The maximum Gasteiger partial charge on any atom is 0.229 e. The fourth-order valence-corrected chi connectivity index (χ4v) is 5.59. The van der Waals surface area contributed by atoms with E-state index in [4.69, 9.17) is 0 Å². The first-order valence-electron chi connectivity index (χ1n) is 12.7. The van der Waals surface area contributed by atoms with Gasteiger partial charge in [-0.2, -0.15) is 0 Å². The van der Waals surface area contributed by atoms with E-state index in [-0.39, 0.29) is 17.6 Å². The molecular formula is C30H25F2N3O2S. The molecule has 6 rings (SSSR count). The zero-order chi connectivity index (χ0) is 26.2. The summed E-state index contributed by atoms with van der Waals surface area (Å²) in [5, 5.41) is 4.41. The van der Waals surface area contributed by atoms with Crippen LogP contribution in [0.1, 0.15) is 48.0 Å². The van der Waals surface area contributed by atoms with E-state index in [1.807, 2.05) is 30.3 Å². The molecule has 1 aliphatic carbocycles. The Morgan fingerprint density at radius 1 is 0.974 bits per heavy atom. The van der Waals surface area contributed by atoms with Crippen LogP contribution in [0.5, 0.6) is 0 Å². The molecule has 0 aliphatic heterocycles. The Kier molecular flexibility index (Phi) is 6.49. The van der Waals surface area contributed by atoms with E-state index in [0.29, 0.717) is 36.4 Å². The van der Waals surface area contributed by atoms with Crippen molar-refractivity contribution in [2.75, 3.05) is 5.32 Å². The van der Waals surface area contributed by atoms with Gasteiger partial charge in [0.2, 0.25) is 5.91 Å². The van der Waals surface area contributed by atoms with Gasteiger partial charge < -0.3 is 10.3 Å². The van der Waals surface area contributed by atoms with Crippen LogP contribution in [0.4, 0.5) is 13.9 Å². The third kappa shape index (κ3) is 5.09. The molecule has 0 spiro atoms. The highest BCUT2D eigenvalue weighted by atomic mass is 32.1. The van der Waals surface area contributed by atoms with Gasteiger partial charge in [0, 0.05) is 35.0 Å². The fourth-order valence-electron chi connectivity index (χ4n) is 4.69. The van der Waals surface area contributed by atoms with Crippen molar-refractivity contribution >= 4 is 49.3 Å². The number of Topliss-reactive ketones (excluding diaryl/α,β-unsaturated/α-hetero) is 1. The number of benzene rings is 3. The molecule has 2 aromatic heterocycles. The van der Waals surface area contributed by atoms with E-state index >= 15 is 0 Å². The number of aryl methyl sites for hydroxylation is 1. The molecule has 1 aliphatic rings. The van der Waals surface area contributed by atoms with Crippen molar-refractivity contribution < 1.29 is 18.4 Å². The van der Waals surface area contributed by atoms with Gasteiger partial charge in [-0.05, 0) is 85.2 Å². The van der Waals surface area contributed by atoms with Gasteiger partial charge in [0.1, 0.15) is 0 Å². The summed E-state index contributed by atoms with van der Waals surface area (Å²) < 4.78 is 27.5. The van der Waals surface area contributed by atoms with Crippen molar-refractivity contribution in [3.63, 3.8) is 0 Å². The average molecular weight is 530 g/mol. The predicted molar refractivity (Wildman–Crippen MR) is 147 cm³/mol. The number of carbonyl (C=O) groups is 2. The van der Waals surface area contributed by atoms with Crippen LogP contribution in [0.25, 0.3) is 32.2 Å². The Morgan fingerprint density at radius 2 is 1.79 bits per heavy atom. The molecule has 2 N–H and O–H groups in total. The maximum atomic E-state index is 13.4. The molecule has 8 heteroatoms. The van der Waals surface area contributed by atoms with Crippen molar-refractivity contribution in [1.82, 2.24) is 9.97 Å². The minimum atomic E-state index is -0.850. The van der Waals surface area contributed by atoms with Gasteiger partial charge in [0.15, 0.2) is 22.5 Å². The lowest BCUT2D eigenvalue weighted by Gasteiger charge is -2.05. The number of unbranched alkanes of at least 4 members (excludes halogenated alkanes) is 1. The van der Waals surface area contributed by atoms with E-state index in [0.717, 1.165) is 56.7 Å². The van der Waals surface area contributed by atoms with Gasteiger partial charge in [-0.25, -0.2) is 13.8 Å². The molecule has 1 amide bonds. The smallest absolute Gasteiger partial charge is 0.229 e. The largest absolute Gasteiger partial charge is 0.360 e. The van der Waals surface area contributed by atoms with Gasteiger partial charge in [0.25, 0.3) is 0 Å². The number of ketones is 1. The Balaban J connectivity index is 1.15. The van der Waals surface area contributed by atoms with Crippen molar-refractivity contribution in [3.05, 3.63) is 83.6 Å². The number of nitrogens with one attached hydrogen (secondary N) is 2. The predicted octanol–water partition coefficient (Wildman–Crippen LogP) is 7.67. The molecule has 0 radical (unpaired) electrons. The molecule has 2 heterocycles. The quantitative estimate of drug-likeness (QED) is 0.152. The lowest BCUT2D eigenvalue weighted by molar-refractivity contribution is -0.117. The minimum Gasteiger partial charge on any atom is -0.360 e. The number of rotatable bonds is 9. The normalized spacial score (nSPS) is 13.3. The lowest BCUT2D eigenvalue weighted by atomic mass is 9.99. The second kappa shape index (κ2) is 10.1. The van der Waals surface area contributed by atoms with E-state index in [2.05, 4.69) is 21.4 Å². The molecule has 0 bridgehead atoms. The number of aromatic nitrogens is 2. The van der Waals surface area contributed by atoms with Crippen LogP contribution >= 0.6 is 11.3 Å². The average Bonchev–Trinajstić information content (AvgIpc) is 3.56. The number of fused-ring (bicyclic) bond motifs is 2. The SMILES string of the molecule is O=C(CCCCc1ccc(F)c(F)c1)c1c[nH]c2ccc(-c3ccc4nc(NC(=O)C5CC5)sc4c3)cc12. The molecule has 1 saturated carbocycles. The molecule has 0 unspecified atom stereocenters. The summed E-state index contributed by atoms with van der Waals surface area (Å²) in [4.78, 5) is 32.9. The number of halogens is 2. The summed E-state index contributed by atoms with van der Waals surface area (Å²) in [5.74, 6) is -1.47. The summed E-state index contributed by atoms with van der Waals surface area (Å²) in [7, 11) is 0. The molecule has 0 atom stereocenters. The molecule has 0 saturated heterocycles. The van der Waals surface area contributed by atoms with Crippen LogP contribution in [0.2, 0.25) is 0 Å². The topological polar surface area (TPSA) is 74.8 Å². The first-order valence-corrected chi connectivity index (χ1v) is 13.6. The number of aromatic amines is 1. The Bertz CT molecular complexity index is 1690. The first kappa shape index (κ1) is 24.4. The van der Waals surface area contributed by atoms with E-state index in [1.165, 1.54) is 17.4 Å².